The number of halogens is 2. The normalized spacial score (nSPS) is 14.4. The fraction of sp³-hybridized carbons (Fsp3) is 1.00. The van der Waals surface area contributed by atoms with Crippen molar-refractivity contribution in [3.05, 3.63) is 0 Å². The Labute approximate surface area is 44.0 Å². The van der Waals surface area contributed by atoms with Crippen LogP contribution in [0.2, 0.25) is 0 Å². The molecule has 1 heterocycles. The van der Waals surface area contributed by atoms with Crippen LogP contribution in [0.5, 0.6) is 0 Å². The van der Waals surface area contributed by atoms with Crippen molar-refractivity contribution in [3.8, 4) is 0 Å². The lowest BCUT2D eigenvalue weighted by molar-refractivity contribution is -0.473. The first-order valence-electron chi connectivity index (χ1n) is 1.32. The second-order valence-corrected chi connectivity index (χ2v) is 0.866. The van der Waals surface area contributed by atoms with Crippen molar-refractivity contribution in [1.82, 2.24) is 0 Å². The average Bonchev–Trinajstić information content (AvgIpc) is 1.46. The molecule has 0 aromatic carbocycles. The summed E-state index contributed by atoms with van der Waals surface area (Å²) in [6.45, 7) is 2.75. The Morgan fingerprint density at radius 2 is 1.20 bits per heavy atom. The number of hydrogen-bond donors (Lipinski definition) is 1. The summed E-state index contributed by atoms with van der Waals surface area (Å²) in [7, 11) is 0. The van der Waals surface area contributed by atoms with E-state index in [0.717, 1.165) is 0 Å². The van der Waals surface area contributed by atoms with Crippen LogP contribution in [0.1, 0.15) is 0 Å². The molecule has 1 aliphatic rings. The number of quaternary nitrogens is 1. The van der Waals surface area contributed by atoms with Crippen LogP contribution in [-0.2, 0) is 0 Å². The molecule has 2 N–H and O–H groups in total. The third kappa shape index (κ3) is 12.4. The van der Waals surface area contributed by atoms with Crippen molar-refractivity contribution in [3.63, 3.8) is 0 Å². The molecule has 0 atom stereocenters. The molecule has 1 rings (SSSR count). The topological polar surface area (TPSA) is 16.6 Å². The van der Waals surface area contributed by atoms with Gasteiger partial charge in [-0.15, -0.1) is 0 Å². The number of rotatable bonds is 0. The van der Waals surface area contributed by atoms with Gasteiger partial charge in [-0.05, 0) is 0 Å². The average molecular weight is 115 g/mol. The molecule has 0 radical (unpaired) electrons. The maximum absolute atomic E-state index is 2.25. The summed E-state index contributed by atoms with van der Waals surface area (Å²) in [5.41, 5.74) is 0. The van der Waals surface area contributed by atoms with Gasteiger partial charge in [0.2, 0.25) is 0 Å². The van der Waals surface area contributed by atoms with Crippen LogP contribution in [0.15, 0.2) is 0 Å². The van der Waals surface area contributed by atoms with Gasteiger partial charge in [-0.1, -0.05) is 0 Å². The van der Waals surface area contributed by atoms with E-state index in [1.807, 2.05) is 0 Å². The largest absolute Gasteiger partial charge is 1.00 e. The monoisotopic (exact) mass is 114 g/mol. The van der Waals surface area contributed by atoms with Gasteiger partial charge in [-0.3, -0.25) is 0 Å². The van der Waals surface area contributed by atoms with Gasteiger partial charge in [0.15, 0.2) is 0 Å². The van der Waals surface area contributed by atoms with Crippen LogP contribution < -0.4 is 30.1 Å². The smallest absolute Gasteiger partial charge is 0.125 e. The molecule has 0 spiro atoms. The molecule has 34 valence electrons. The highest BCUT2D eigenvalue weighted by Gasteiger charge is 1.99. The predicted octanol–water partition coefficient (Wildman–Crippen LogP) is -7.43. The van der Waals surface area contributed by atoms with Crippen LogP contribution in [0.3, 0.4) is 0 Å². The van der Waals surface area contributed by atoms with Crippen molar-refractivity contribution in [2.24, 2.45) is 0 Å². The molecule has 0 bridgehead atoms. The Hall–Kier alpha value is 0.540. The van der Waals surface area contributed by atoms with E-state index in [0.29, 0.717) is 0 Å². The van der Waals surface area contributed by atoms with E-state index in [-0.39, 0.29) is 24.8 Å². The van der Waals surface area contributed by atoms with Crippen LogP contribution in [0.25, 0.3) is 0 Å². The van der Waals surface area contributed by atoms with Gasteiger partial charge in [0, 0.05) is 0 Å². The van der Waals surface area contributed by atoms with E-state index in [1.165, 1.54) is 13.1 Å². The molecule has 0 saturated carbocycles. The van der Waals surface area contributed by atoms with Gasteiger partial charge in [-0.2, -0.15) is 0 Å². The first-order chi connectivity index (χ1) is 1.50. The molecule has 0 aromatic rings. The van der Waals surface area contributed by atoms with Gasteiger partial charge in [0.05, 0.1) is 0 Å². The van der Waals surface area contributed by atoms with Crippen LogP contribution in [0, 0.1) is 0 Å². The van der Waals surface area contributed by atoms with Crippen molar-refractivity contribution < 1.29 is 30.1 Å². The third-order valence-corrected chi connectivity index (χ3v) is 0.289. The lowest BCUT2D eigenvalue weighted by atomic mass is 11.0. The summed E-state index contributed by atoms with van der Waals surface area (Å²) >= 11 is 0. The Morgan fingerprint density at radius 1 is 1.00 bits per heavy atom. The molecule has 1 saturated heterocycles. The van der Waals surface area contributed by atoms with Crippen molar-refractivity contribution in [2.75, 3.05) is 13.1 Å². The second kappa shape index (κ2) is 4.54. The van der Waals surface area contributed by atoms with E-state index < -0.39 is 0 Å². The minimum atomic E-state index is 0. The zero-order valence-corrected chi connectivity index (χ0v) is 4.26. The van der Waals surface area contributed by atoms with E-state index in [4.69, 9.17) is 0 Å². The van der Waals surface area contributed by atoms with Gasteiger partial charge in [0.25, 0.3) is 0 Å². The van der Waals surface area contributed by atoms with Crippen molar-refractivity contribution in [1.29, 1.82) is 0 Å². The van der Waals surface area contributed by atoms with E-state index in [2.05, 4.69) is 5.32 Å². The summed E-state index contributed by atoms with van der Waals surface area (Å²) in [5.74, 6) is 0. The SMILES string of the molecule is C1C[NH2+]1.[Cl-].[Cl-]. The van der Waals surface area contributed by atoms with Crippen LogP contribution >= 0.6 is 0 Å². The lowest BCUT2D eigenvalue weighted by Gasteiger charge is -1.20. The van der Waals surface area contributed by atoms with Crippen molar-refractivity contribution in [2.45, 2.75) is 0 Å². The predicted molar refractivity (Wildman–Crippen MR) is 11.7 cm³/mol. The first kappa shape index (κ1) is 9.11. The fourth-order valence-electron chi connectivity index (χ4n) is 0. The highest BCUT2D eigenvalue weighted by molar-refractivity contribution is 4.23. The Kier molecular flexibility index (Phi) is 8.27. The van der Waals surface area contributed by atoms with Crippen LogP contribution in [0.4, 0.5) is 0 Å². The molecular weight excluding hydrogens is 109 g/mol. The third-order valence-electron chi connectivity index (χ3n) is 0.289. The van der Waals surface area contributed by atoms with E-state index in [1.54, 1.807) is 0 Å². The van der Waals surface area contributed by atoms with Gasteiger partial charge in [0.1, 0.15) is 13.1 Å². The summed E-state index contributed by atoms with van der Waals surface area (Å²) in [6.07, 6.45) is 0. The molecular formula is C2H6Cl2N-. The van der Waals surface area contributed by atoms with E-state index >= 15 is 0 Å². The second-order valence-electron chi connectivity index (χ2n) is 0.866. The molecule has 0 amide bonds. The fourth-order valence-corrected chi connectivity index (χ4v) is 0. The minimum Gasteiger partial charge on any atom is -1.00 e. The summed E-state index contributed by atoms with van der Waals surface area (Å²) in [6, 6.07) is 0. The highest BCUT2D eigenvalue weighted by atomic mass is 35.5. The number of hydrogen-bond acceptors (Lipinski definition) is 0. The molecule has 1 fully saturated rings. The Morgan fingerprint density at radius 3 is 1.20 bits per heavy atom. The molecule has 0 aliphatic carbocycles. The zero-order valence-electron chi connectivity index (χ0n) is 2.75. The Bertz CT molecular complexity index is 12.4. The Balaban J connectivity index is 0. The van der Waals surface area contributed by atoms with Gasteiger partial charge >= 0.3 is 0 Å². The summed E-state index contributed by atoms with van der Waals surface area (Å²) in [4.78, 5) is 0. The molecule has 1 nitrogen and oxygen atoms in total. The first-order valence-corrected chi connectivity index (χ1v) is 1.32. The standard InChI is InChI=1S/C2H5N.2ClH/c1-2-3-1;;/h3H,1-2H2;2*1H/p-1. The highest BCUT2D eigenvalue weighted by Crippen LogP contribution is 1.39. The maximum atomic E-state index is 2.25. The quantitative estimate of drug-likeness (QED) is 0.302. The maximum Gasteiger partial charge on any atom is 0.125 e. The summed E-state index contributed by atoms with van der Waals surface area (Å²) in [5, 5.41) is 2.25. The van der Waals surface area contributed by atoms with Gasteiger partial charge < -0.3 is 30.1 Å². The van der Waals surface area contributed by atoms with Gasteiger partial charge in [-0.25, -0.2) is 0 Å². The molecule has 5 heavy (non-hydrogen) atoms. The van der Waals surface area contributed by atoms with Crippen LogP contribution in [-0.4, -0.2) is 13.1 Å². The molecule has 0 aromatic heterocycles. The molecule has 1 aliphatic heterocycles. The zero-order chi connectivity index (χ0) is 2.12. The molecule has 3 heteroatoms. The minimum absolute atomic E-state index is 0. The number of nitrogens with two attached hydrogens (primary N) is 1. The van der Waals surface area contributed by atoms with Crippen molar-refractivity contribution >= 4 is 0 Å². The summed E-state index contributed by atoms with van der Waals surface area (Å²) < 4.78 is 0. The van der Waals surface area contributed by atoms with E-state index in [9.17, 15) is 0 Å². The molecule has 0 unspecified atom stereocenters. The lowest BCUT2D eigenvalue weighted by Crippen LogP contribution is -3.00.